The third-order valence-corrected chi connectivity index (χ3v) is 5.23. The van der Waals surface area contributed by atoms with Crippen molar-refractivity contribution in [3.63, 3.8) is 0 Å². The summed E-state index contributed by atoms with van der Waals surface area (Å²) in [5.41, 5.74) is 0.969. The lowest BCUT2D eigenvalue weighted by atomic mass is 9.94. The van der Waals surface area contributed by atoms with Crippen molar-refractivity contribution in [2.45, 2.75) is 26.2 Å². The lowest BCUT2D eigenvalue weighted by Crippen LogP contribution is -2.34. The number of rotatable bonds is 11. The highest BCUT2D eigenvalue weighted by atomic mass is 35.5. The van der Waals surface area contributed by atoms with Gasteiger partial charge in [-0.1, -0.05) is 16.8 Å². The van der Waals surface area contributed by atoms with E-state index in [-0.39, 0.29) is 0 Å². The van der Waals surface area contributed by atoms with E-state index in [1.165, 1.54) is 0 Å². The maximum atomic E-state index is 5.92. The Hall–Kier alpha value is -2.38. The van der Waals surface area contributed by atoms with Gasteiger partial charge in [-0.3, -0.25) is 0 Å². The zero-order valence-corrected chi connectivity index (χ0v) is 18.1. The highest BCUT2D eigenvalue weighted by Crippen LogP contribution is 2.24. The standard InChI is InChI=1S/C22H29ClN4O3/c1-2-28-15-16-30-24-17-19-3-5-20(6-4-19)29-14-11-18-9-12-27(13-10-18)22-8-7-21(23)25-26-22/h3-8,17-18H,2,9-16H2,1H3/b24-17+. The van der Waals surface area contributed by atoms with E-state index in [1.807, 2.05) is 37.3 Å². The van der Waals surface area contributed by atoms with Gasteiger partial charge in [0.1, 0.15) is 12.4 Å². The predicted molar refractivity (Wildman–Crippen MR) is 119 cm³/mol. The molecule has 0 atom stereocenters. The maximum absolute atomic E-state index is 5.92. The molecule has 3 rings (SSSR count). The van der Waals surface area contributed by atoms with E-state index in [4.69, 9.17) is 25.9 Å². The minimum Gasteiger partial charge on any atom is -0.494 e. The van der Waals surface area contributed by atoms with Gasteiger partial charge in [-0.25, -0.2) is 0 Å². The Morgan fingerprint density at radius 1 is 1.07 bits per heavy atom. The summed E-state index contributed by atoms with van der Waals surface area (Å²) in [6, 6.07) is 11.6. The van der Waals surface area contributed by atoms with Gasteiger partial charge in [0.05, 0.1) is 19.4 Å². The number of oxime groups is 1. The Kier molecular flexibility index (Phi) is 9.18. The second-order valence-electron chi connectivity index (χ2n) is 7.12. The summed E-state index contributed by atoms with van der Waals surface area (Å²) in [6.07, 6.45) is 5.00. The molecule has 0 spiro atoms. The second-order valence-corrected chi connectivity index (χ2v) is 7.50. The molecule has 8 heteroatoms. The first-order valence-electron chi connectivity index (χ1n) is 10.4. The molecule has 1 aromatic carbocycles. The Balaban J connectivity index is 1.32. The molecule has 1 saturated heterocycles. The van der Waals surface area contributed by atoms with E-state index >= 15 is 0 Å². The zero-order valence-electron chi connectivity index (χ0n) is 17.4. The molecule has 162 valence electrons. The van der Waals surface area contributed by atoms with Crippen molar-refractivity contribution >= 4 is 23.6 Å². The fraction of sp³-hybridized carbons (Fsp3) is 0.500. The summed E-state index contributed by atoms with van der Waals surface area (Å²) in [6.45, 7) is 6.34. The fourth-order valence-electron chi connectivity index (χ4n) is 3.31. The molecular formula is C22H29ClN4O3. The number of aromatic nitrogens is 2. The first-order valence-corrected chi connectivity index (χ1v) is 10.8. The number of halogens is 1. The van der Waals surface area contributed by atoms with Crippen LogP contribution in [0.3, 0.4) is 0 Å². The van der Waals surface area contributed by atoms with Gasteiger partial charge in [-0.15, -0.1) is 10.2 Å². The summed E-state index contributed by atoms with van der Waals surface area (Å²) < 4.78 is 11.1. The van der Waals surface area contributed by atoms with E-state index < -0.39 is 0 Å². The third-order valence-electron chi connectivity index (χ3n) is 5.03. The van der Waals surface area contributed by atoms with Gasteiger partial charge in [0.15, 0.2) is 11.0 Å². The molecule has 0 bridgehead atoms. The number of hydrogen-bond donors (Lipinski definition) is 0. The van der Waals surface area contributed by atoms with Gasteiger partial charge in [0, 0.05) is 19.7 Å². The minimum atomic E-state index is 0.428. The van der Waals surface area contributed by atoms with E-state index in [0.29, 0.717) is 30.9 Å². The van der Waals surface area contributed by atoms with Crippen molar-refractivity contribution in [2.75, 3.05) is 44.4 Å². The SMILES string of the molecule is CCOCCO/N=C/c1ccc(OCCC2CCN(c3ccc(Cl)nn3)CC2)cc1. The normalized spacial score (nSPS) is 14.9. The van der Waals surface area contributed by atoms with Crippen molar-refractivity contribution in [1.29, 1.82) is 0 Å². The molecule has 1 fully saturated rings. The summed E-state index contributed by atoms with van der Waals surface area (Å²) in [7, 11) is 0. The summed E-state index contributed by atoms with van der Waals surface area (Å²) in [5.74, 6) is 2.44. The molecule has 0 radical (unpaired) electrons. The minimum absolute atomic E-state index is 0.428. The second kappa shape index (κ2) is 12.3. The van der Waals surface area contributed by atoms with Crippen LogP contribution in [0.5, 0.6) is 5.75 Å². The molecular weight excluding hydrogens is 404 g/mol. The molecule has 2 aromatic rings. The van der Waals surface area contributed by atoms with Crippen LogP contribution in [0, 0.1) is 5.92 Å². The monoisotopic (exact) mass is 432 g/mol. The Morgan fingerprint density at radius 3 is 2.57 bits per heavy atom. The Bertz CT molecular complexity index is 763. The first-order chi connectivity index (χ1) is 14.7. The average molecular weight is 433 g/mol. The Labute approximate surface area is 183 Å². The molecule has 7 nitrogen and oxygen atoms in total. The number of benzene rings is 1. The van der Waals surface area contributed by atoms with Gasteiger partial charge in [0.2, 0.25) is 0 Å². The van der Waals surface area contributed by atoms with Crippen LogP contribution in [0.25, 0.3) is 0 Å². The van der Waals surface area contributed by atoms with Gasteiger partial charge in [0.25, 0.3) is 0 Å². The molecule has 0 unspecified atom stereocenters. The smallest absolute Gasteiger partial charge is 0.151 e. The molecule has 0 amide bonds. The highest BCUT2D eigenvalue weighted by molar-refractivity contribution is 6.29. The van der Waals surface area contributed by atoms with Crippen LogP contribution in [-0.4, -0.2) is 55.9 Å². The van der Waals surface area contributed by atoms with Crippen molar-refractivity contribution in [2.24, 2.45) is 11.1 Å². The molecule has 1 aliphatic heterocycles. The van der Waals surface area contributed by atoms with E-state index in [9.17, 15) is 0 Å². The lowest BCUT2D eigenvalue weighted by molar-refractivity contribution is 0.0568. The number of anilines is 1. The molecule has 0 aliphatic carbocycles. The molecule has 1 aliphatic rings. The lowest BCUT2D eigenvalue weighted by Gasteiger charge is -2.32. The van der Waals surface area contributed by atoms with Crippen molar-refractivity contribution < 1.29 is 14.3 Å². The van der Waals surface area contributed by atoms with E-state index in [1.54, 1.807) is 12.3 Å². The topological polar surface area (TPSA) is 69.1 Å². The fourth-order valence-corrected chi connectivity index (χ4v) is 3.41. The summed E-state index contributed by atoms with van der Waals surface area (Å²) in [5, 5.41) is 12.5. The summed E-state index contributed by atoms with van der Waals surface area (Å²) in [4.78, 5) is 7.40. The first kappa shape index (κ1) is 22.3. The van der Waals surface area contributed by atoms with Crippen LogP contribution in [0.4, 0.5) is 5.82 Å². The third kappa shape index (κ3) is 7.46. The number of hydrogen-bond acceptors (Lipinski definition) is 7. The van der Waals surface area contributed by atoms with Crippen LogP contribution in [0.1, 0.15) is 31.7 Å². The molecule has 30 heavy (non-hydrogen) atoms. The molecule has 0 saturated carbocycles. The van der Waals surface area contributed by atoms with Crippen molar-refractivity contribution in [3.8, 4) is 5.75 Å². The van der Waals surface area contributed by atoms with Gasteiger partial charge in [-0.2, -0.15) is 0 Å². The van der Waals surface area contributed by atoms with Crippen LogP contribution < -0.4 is 9.64 Å². The quantitative estimate of drug-likeness (QED) is 0.301. The van der Waals surface area contributed by atoms with Crippen LogP contribution in [-0.2, 0) is 9.57 Å². The van der Waals surface area contributed by atoms with Crippen molar-refractivity contribution in [1.82, 2.24) is 10.2 Å². The highest BCUT2D eigenvalue weighted by Gasteiger charge is 2.20. The van der Waals surface area contributed by atoms with Crippen LogP contribution in [0.2, 0.25) is 5.15 Å². The van der Waals surface area contributed by atoms with Gasteiger partial charge >= 0.3 is 0 Å². The zero-order chi connectivity index (χ0) is 21.0. The number of piperidine rings is 1. The number of ether oxygens (including phenoxy) is 2. The van der Waals surface area contributed by atoms with E-state index in [0.717, 1.165) is 56.1 Å². The van der Waals surface area contributed by atoms with Crippen molar-refractivity contribution in [3.05, 3.63) is 47.1 Å². The van der Waals surface area contributed by atoms with Crippen LogP contribution in [0.15, 0.2) is 41.6 Å². The molecule has 2 heterocycles. The predicted octanol–water partition coefficient (Wildman–Crippen LogP) is 4.20. The van der Waals surface area contributed by atoms with Crippen LogP contribution >= 0.6 is 11.6 Å². The molecule has 0 N–H and O–H groups in total. The maximum Gasteiger partial charge on any atom is 0.151 e. The van der Waals surface area contributed by atoms with E-state index in [2.05, 4.69) is 20.3 Å². The molecule has 1 aromatic heterocycles. The largest absolute Gasteiger partial charge is 0.494 e. The average Bonchev–Trinajstić information content (AvgIpc) is 2.78. The van der Waals surface area contributed by atoms with Gasteiger partial charge in [-0.05, 0) is 74.1 Å². The van der Waals surface area contributed by atoms with Gasteiger partial charge < -0.3 is 19.2 Å². The summed E-state index contributed by atoms with van der Waals surface area (Å²) >= 11 is 5.81. The Morgan fingerprint density at radius 2 is 1.87 bits per heavy atom. The number of nitrogens with zero attached hydrogens (tertiary/aromatic N) is 4.